The van der Waals surface area contributed by atoms with Crippen LogP contribution in [0.3, 0.4) is 0 Å². The number of pyridine rings is 2. The number of nitrogens with one attached hydrogen (secondary N) is 1. The summed E-state index contributed by atoms with van der Waals surface area (Å²) in [5, 5.41) is 4.88. The molecule has 1 aromatic carbocycles. The molecule has 0 aliphatic carbocycles. The zero-order valence-corrected chi connectivity index (χ0v) is 16.8. The molecule has 8 heteroatoms. The fourth-order valence-electron chi connectivity index (χ4n) is 3.93. The molecule has 4 aromatic heterocycles. The zero-order valence-electron chi connectivity index (χ0n) is 16.8. The molecule has 5 rings (SSSR count). The van der Waals surface area contributed by atoms with E-state index >= 15 is 0 Å². The molecule has 0 aliphatic heterocycles. The third kappa shape index (κ3) is 2.76. The first-order valence-electron chi connectivity index (χ1n) is 9.48. The quantitative estimate of drug-likeness (QED) is 0.494. The molecule has 0 radical (unpaired) electrons. The number of aryl methyl sites for hydroxylation is 2. The average Bonchev–Trinajstić information content (AvgIpc) is 3.26. The molecular formula is C22H19N5O3. The van der Waals surface area contributed by atoms with Gasteiger partial charge < -0.3 is 14.2 Å². The van der Waals surface area contributed by atoms with E-state index < -0.39 is 0 Å². The van der Waals surface area contributed by atoms with Gasteiger partial charge in [-0.3, -0.25) is 14.5 Å². The van der Waals surface area contributed by atoms with Gasteiger partial charge >= 0.3 is 5.69 Å². The highest BCUT2D eigenvalue weighted by Crippen LogP contribution is 2.38. The molecule has 0 amide bonds. The number of ether oxygens (including phenoxy) is 1. The van der Waals surface area contributed by atoms with Gasteiger partial charge in [0.05, 0.1) is 47.7 Å². The minimum atomic E-state index is -0.197. The Morgan fingerprint density at radius 3 is 2.80 bits per heavy atom. The van der Waals surface area contributed by atoms with Crippen molar-refractivity contribution in [2.45, 2.75) is 20.4 Å². The van der Waals surface area contributed by atoms with Crippen molar-refractivity contribution in [3.8, 4) is 16.9 Å². The maximum atomic E-state index is 12.7. The lowest BCUT2D eigenvalue weighted by atomic mass is 10.0. The van der Waals surface area contributed by atoms with Gasteiger partial charge in [-0.25, -0.2) is 4.79 Å². The second-order valence-electron chi connectivity index (χ2n) is 7.17. The summed E-state index contributed by atoms with van der Waals surface area (Å²) in [6.07, 6.45) is 5.15. The van der Waals surface area contributed by atoms with Crippen molar-refractivity contribution in [2.75, 3.05) is 7.11 Å². The van der Waals surface area contributed by atoms with Gasteiger partial charge in [0, 0.05) is 23.3 Å². The summed E-state index contributed by atoms with van der Waals surface area (Å²) in [5.74, 6) is 1.37. The third-order valence-electron chi connectivity index (χ3n) is 5.28. The van der Waals surface area contributed by atoms with Gasteiger partial charge in [0.15, 0.2) is 0 Å². The normalized spacial score (nSPS) is 11.4. The van der Waals surface area contributed by atoms with E-state index in [9.17, 15) is 4.79 Å². The van der Waals surface area contributed by atoms with Crippen LogP contribution in [0, 0.1) is 13.8 Å². The van der Waals surface area contributed by atoms with Gasteiger partial charge in [0.2, 0.25) is 0 Å². The molecule has 1 N–H and O–H groups in total. The highest BCUT2D eigenvalue weighted by molar-refractivity contribution is 6.04. The number of imidazole rings is 1. The Hall–Kier alpha value is -3.94. The number of hydrogen-bond donors (Lipinski definition) is 1. The second-order valence-corrected chi connectivity index (χ2v) is 7.17. The Balaban J connectivity index is 1.79. The van der Waals surface area contributed by atoms with Crippen molar-refractivity contribution < 1.29 is 9.26 Å². The molecular weight excluding hydrogens is 382 g/mol. The lowest BCUT2D eigenvalue weighted by Gasteiger charge is -2.12. The van der Waals surface area contributed by atoms with E-state index in [2.05, 4.69) is 20.1 Å². The molecule has 8 nitrogen and oxygen atoms in total. The van der Waals surface area contributed by atoms with E-state index in [1.54, 1.807) is 30.3 Å². The highest BCUT2D eigenvalue weighted by Gasteiger charge is 2.19. The van der Waals surface area contributed by atoms with Gasteiger partial charge in [0.1, 0.15) is 11.5 Å². The lowest BCUT2D eigenvalue weighted by Crippen LogP contribution is -2.17. The Morgan fingerprint density at radius 2 is 2.10 bits per heavy atom. The van der Waals surface area contributed by atoms with Crippen LogP contribution in [0.15, 0.2) is 52.2 Å². The van der Waals surface area contributed by atoms with Gasteiger partial charge in [-0.05, 0) is 37.6 Å². The van der Waals surface area contributed by atoms with E-state index in [0.29, 0.717) is 23.6 Å². The third-order valence-corrected chi connectivity index (χ3v) is 5.28. The van der Waals surface area contributed by atoms with Gasteiger partial charge in [-0.2, -0.15) is 0 Å². The predicted molar refractivity (Wildman–Crippen MR) is 113 cm³/mol. The van der Waals surface area contributed by atoms with Crippen molar-refractivity contribution in [1.29, 1.82) is 0 Å². The van der Waals surface area contributed by atoms with E-state index in [1.807, 2.05) is 38.1 Å². The fraction of sp³-hybridized carbons (Fsp3) is 0.182. The van der Waals surface area contributed by atoms with Crippen LogP contribution in [0.5, 0.6) is 5.75 Å². The number of aromatic amines is 1. The summed E-state index contributed by atoms with van der Waals surface area (Å²) in [4.78, 5) is 24.3. The highest BCUT2D eigenvalue weighted by atomic mass is 16.5. The molecule has 0 fully saturated rings. The lowest BCUT2D eigenvalue weighted by molar-refractivity contribution is 0.393. The van der Waals surface area contributed by atoms with Crippen molar-refractivity contribution in [3.05, 3.63) is 70.4 Å². The van der Waals surface area contributed by atoms with Crippen LogP contribution in [-0.2, 0) is 6.54 Å². The maximum absolute atomic E-state index is 12.7. The van der Waals surface area contributed by atoms with Gasteiger partial charge in [-0.1, -0.05) is 11.2 Å². The Bertz CT molecular complexity index is 1430. The SMILES string of the molecule is COc1cc2c(cc1-c1c(C)noc1C)ncc1[nH]c(=O)n(Cc3cccnc3)c12. The van der Waals surface area contributed by atoms with Crippen LogP contribution in [-0.4, -0.2) is 31.8 Å². The Morgan fingerprint density at radius 1 is 1.23 bits per heavy atom. The van der Waals surface area contributed by atoms with E-state index in [1.165, 1.54) is 0 Å². The summed E-state index contributed by atoms with van der Waals surface area (Å²) in [6, 6.07) is 7.66. The van der Waals surface area contributed by atoms with Crippen LogP contribution in [0.2, 0.25) is 0 Å². The summed E-state index contributed by atoms with van der Waals surface area (Å²) in [6.45, 7) is 4.16. The van der Waals surface area contributed by atoms with Crippen LogP contribution >= 0.6 is 0 Å². The van der Waals surface area contributed by atoms with Crippen molar-refractivity contribution in [1.82, 2.24) is 24.7 Å². The molecule has 4 heterocycles. The largest absolute Gasteiger partial charge is 0.496 e. The van der Waals surface area contributed by atoms with Crippen molar-refractivity contribution >= 4 is 21.9 Å². The minimum absolute atomic E-state index is 0.197. The van der Waals surface area contributed by atoms with Crippen LogP contribution < -0.4 is 10.4 Å². The number of aromatic nitrogens is 5. The molecule has 150 valence electrons. The van der Waals surface area contributed by atoms with E-state index in [4.69, 9.17) is 9.26 Å². The topological polar surface area (TPSA) is 98.8 Å². The minimum Gasteiger partial charge on any atom is -0.496 e. The summed E-state index contributed by atoms with van der Waals surface area (Å²) in [5.41, 5.74) is 5.45. The number of benzene rings is 1. The maximum Gasteiger partial charge on any atom is 0.326 e. The van der Waals surface area contributed by atoms with Gasteiger partial charge in [-0.15, -0.1) is 0 Å². The second kappa shape index (κ2) is 6.84. The summed E-state index contributed by atoms with van der Waals surface area (Å²) >= 11 is 0. The number of hydrogen-bond acceptors (Lipinski definition) is 6. The number of methoxy groups -OCH3 is 1. The average molecular weight is 401 g/mol. The Labute approximate surface area is 171 Å². The number of rotatable bonds is 4. The van der Waals surface area contributed by atoms with E-state index in [0.717, 1.165) is 38.8 Å². The van der Waals surface area contributed by atoms with Crippen LogP contribution in [0.4, 0.5) is 0 Å². The fourth-order valence-corrected chi connectivity index (χ4v) is 3.93. The summed E-state index contributed by atoms with van der Waals surface area (Å²) in [7, 11) is 1.62. The first-order valence-corrected chi connectivity index (χ1v) is 9.48. The van der Waals surface area contributed by atoms with E-state index in [-0.39, 0.29) is 5.69 Å². The Kier molecular flexibility index (Phi) is 4.13. The first-order chi connectivity index (χ1) is 14.6. The molecule has 0 unspecified atom stereocenters. The number of nitrogens with zero attached hydrogens (tertiary/aromatic N) is 4. The number of fused-ring (bicyclic) bond motifs is 3. The van der Waals surface area contributed by atoms with Crippen molar-refractivity contribution in [2.24, 2.45) is 0 Å². The van der Waals surface area contributed by atoms with Gasteiger partial charge in [0.25, 0.3) is 0 Å². The molecule has 0 saturated carbocycles. The molecule has 0 spiro atoms. The molecule has 30 heavy (non-hydrogen) atoms. The zero-order chi connectivity index (χ0) is 20.8. The van der Waals surface area contributed by atoms with Crippen molar-refractivity contribution in [3.63, 3.8) is 0 Å². The van der Waals surface area contributed by atoms with Crippen LogP contribution in [0.1, 0.15) is 17.0 Å². The monoisotopic (exact) mass is 401 g/mol. The number of H-pyrrole nitrogens is 1. The first kappa shape index (κ1) is 18.1. The molecule has 0 atom stereocenters. The van der Waals surface area contributed by atoms with Crippen LogP contribution in [0.25, 0.3) is 33.1 Å². The molecule has 5 aromatic rings. The predicted octanol–water partition coefficient (Wildman–Crippen LogP) is 3.60. The summed E-state index contributed by atoms with van der Waals surface area (Å²) < 4.78 is 12.7. The molecule has 0 aliphatic rings. The molecule has 0 bridgehead atoms. The molecule has 0 saturated heterocycles. The smallest absolute Gasteiger partial charge is 0.326 e. The standard InChI is InChI=1S/C22H19N5O3/c1-12-20(13(2)30-26-12)16-7-17-15(8-19(16)29-3)21-18(10-24-17)25-22(28)27(21)11-14-5-4-6-23-9-14/h4-10H,11H2,1-3H3,(H,25,28).